The molecule has 0 saturated carbocycles. The first-order valence-electron chi connectivity index (χ1n) is 12.0. The molecule has 2 N–H and O–H groups in total. The van der Waals surface area contributed by atoms with E-state index >= 15 is 0 Å². The maximum absolute atomic E-state index is 13.7. The van der Waals surface area contributed by atoms with Gasteiger partial charge in [0, 0.05) is 18.2 Å². The van der Waals surface area contributed by atoms with Gasteiger partial charge in [-0.05, 0) is 30.2 Å². The number of hydrogen-bond donors (Lipinski definition) is 1. The van der Waals surface area contributed by atoms with Gasteiger partial charge in [0.15, 0.2) is 23.2 Å². The number of primary amides is 1. The minimum atomic E-state index is -1.16. The molecule has 0 radical (unpaired) electrons. The summed E-state index contributed by atoms with van der Waals surface area (Å²) in [6, 6.07) is 15.1. The predicted molar refractivity (Wildman–Crippen MR) is 136 cm³/mol. The number of pyridine rings is 2. The molecule has 0 bridgehead atoms. The lowest BCUT2D eigenvalue weighted by molar-refractivity contribution is -0.125. The van der Waals surface area contributed by atoms with Gasteiger partial charge in [-0.15, -0.1) is 0 Å². The number of rotatable bonds is 8. The van der Waals surface area contributed by atoms with Crippen molar-refractivity contribution in [1.82, 2.24) is 9.55 Å². The molecule has 0 unspecified atom stereocenters. The van der Waals surface area contributed by atoms with Crippen LogP contribution in [0.5, 0.6) is 11.5 Å². The monoisotopic (exact) mass is 517 g/mol. The molecule has 38 heavy (non-hydrogen) atoms. The predicted octanol–water partition coefficient (Wildman–Crippen LogP) is 3.13. The highest BCUT2D eigenvalue weighted by molar-refractivity contribution is 6.00. The summed E-state index contributed by atoms with van der Waals surface area (Å²) in [6.45, 7) is 1.51. The summed E-state index contributed by atoms with van der Waals surface area (Å²) >= 11 is 0. The van der Waals surface area contributed by atoms with E-state index in [2.05, 4.69) is 4.98 Å². The number of ether oxygens (including phenoxy) is 3. The van der Waals surface area contributed by atoms with Crippen LogP contribution in [0.4, 0.5) is 4.39 Å². The molecule has 1 aliphatic rings. The molecule has 10 heteroatoms. The van der Waals surface area contributed by atoms with E-state index in [0.717, 1.165) is 11.1 Å². The van der Waals surface area contributed by atoms with Gasteiger partial charge in [0.25, 0.3) is 11.5 Å². The third-order valence-corrected chi connectivity index (χ3v) is 6.19. The normalized spacial score (nSPS) is 14.1. The molecule has 1 aliphatic heterocycles. The molecular weight excluding hydrogens is 493 g/mol. The zero-order valence-corrected chi connectivity index (χ0v) is 20.5. The van der Waals surface area contributed by atoms with Gasteiger partial charge in [-0.25, -0.2) is 9.18 Å². The van der Waals surface area contributed by atoms with E-state index in [0.29, 0.717) is 5.56 Å². The first-order chi connectivity index (χ1) is 18.4. The highest BCUT2D eigenvalue weighted by atomic mass is 19.1. The zero-order chi connectivity index (χ0) is 26.8. The number of aromatic nitrogens is 2. The van der Waals surface area contributed by atoms with E-state index in [1.165, 1.54) is 22.9 Å². The number of esters is 1. The Balaban J connectivity index is 1.72. The Morgan fingerprint density at radius 3 is 2.55 bits per heavy atom. The van der Waals surface area contributed by atoms with Crippen molar-refractivity contribution in [3.8, 4) is 11.5 Å². The molecule has 1 atom stereocenters. The number of nitrogens with two attached hydrogens (primary N) is 1. The average molecular weight is 518 g/mol. The highest BCUT2D eigenvalue weighted by Crippen LogP contribution is 2.38. The first kappa shape index (κ1) is 24.9. The lowest BCUT2D eigenvalue weighted by atomic mass is 10.0. The van der Waals surface area contributed by atoms with Crippen molar-refractivity contribution in [1.29, 1.82) is 0 Å². The van der Waals surface area contributed by atoms with E-state index in [1.54, 1.807) is 19.1 Å². The molecule has 3 heterocycles. The van der Waals surface area contributed by atoms with Gasteiger partial charge in [-0.1, -0.05) is 42.5 Å². The van der Waals surface area contributed by atoms with E-state index in [1.807, 2.05) is 30.3 Å². The molecule has 4 aromatic rings. The lowest BCUT2D eigenvalue weighted by Crippen LogP contribution is -2.44. The SMILES string of the molecule is CCOC(=O)c1c(OCc2ccccc2)c2ncc(Cc3ccc(F)cc3)c3c2n(c1=O)C[C@@H](C(N)=O)O3. The standard InChI is InChI=1S/C28H24FN3O6/c1-2-36-28(35)21-25(37-15-17-6-4-3-5-7-17)22-23-24(38-20(26(30)33)14-32(23)27(21)34)18(13-31-22)12-16-8-10-19(29)11-9-16/h3-11,13,20H,2,12,14-15H2,1H3,(H2,30,33)/t20-/m0/s1. The van der Waals surface area contributed by atoms with Crippen molar-refractivity contribution in [2.45, 2.75) is 32.6 Å². The van der Waals surface area contributed by atoms with Crippen molar-refractivity contribution in [3.05, 3.63) is 99.2 Å². The summed E-state index contributed by atoms with van der Waals surface area (Å²) in [4.78, 5) is 43.4. The molecule has 1 amide bonds. The number of halogens is 1. The Morgan fingerprint density at radius 1 is 1.13 bits per heavy atom. The fraction of sp³-hybridized carbons (Fsp3) is 0.214. The smallest absolute Gasteiger partial charge is 0.347 e. The average Bonchev–Trinajstić information content (AvgIpc) is 2.92. The summed E-state index contributed by atoms with van der Waals surface area (Å²) in [7, 11) is 0. The fourth-order valence-corrected chi connectivity index (χ4v) is 4.39. The summed E-state index contributed by atoms with van der Waals surface area (Å²) in [6.07, 6.45) is 0.630. The second-order valence-corrected chi connectivity index (χ2v) is 8.74. The van der Waals surface area contributed by atoms with Crippen molar-refractivity contribution < 1.29 is 28.2 Å². The van der Waals surface area contributed by atoms with E-state index in [-0.39, 0.29) is 60.1 Å². The molecule has 194 valence electrons. The van der Waals surface area contributed by atoms with Gasteiger partial charge in [0.05, 0.1) is 13.2 Å². The maximum Gasteiger partial charge on any atom is 0.347 e. The Hall–Kier alpha value is -4.73. The first-order valence-corrected chi connectivity index (χ1v) is 12.0. The number of carbonyl (C=O) groups is 2. The zero-order valence-electron chi connectivity index (χ0n) is 20.5. The van der Waals surface area contributed by atoms with Crippen LogP contribution < -0.4 is 20.8 Å². The van der Waals surface area contributed by atoms with Crippen LogP contribution in [0.3, 0.4) is 0 Å². The molecule has 5 rings (SSSR count). The highest BCUT2D eigenvalue weighted by Gasteiger charge is 2.34. The molecule has 9 nitrogen and oxygen atoms in total. The van der Waals surface area contributed by atoms with E-state index in [4.69, 9.17) is 19.9 Å². The van der Waals surface area contributed by atoms with Gasteiger partial charge < -0.3 is 19.9 Å². The van der Waals surface area contributed by atoms with Crippen LogP contribution in [0.1, 0.15) is 34.0 Å². The van der Waals surface area contributed by atoms with Gasteiger partial charge >= 0.3 is 5.97 Å². The summed E-state index contributed by atoms with van der Waals surface area (Å²) in [5, 5.41) is 0. The van der Waals surface area contributed by atoms with E-state index < -0.39 is 23.5 Å². The molecule has 0 saturated heterocycles. The third-order valence-electron chi connectivity index (χ3n) is 6.19. The van der Waals surface area contributed by atoms with Gasteiger partial charge in [0.2, 0.25) is 0 Å². The maximum atomic E-state index is 13.7. The molecule has 0 fully saturated rings. The van der Waals surface area contributed by atoms with Crippen LogP contribution in [0.15, 0.2) is 65.6 Å². The van der Waals surface area contributed by atoms with Crippen LogP contribution >= 0.6 is 0 Å². The Bertz CT molecular complexity index is 1590. The largest absolute Gasteiger partial charge is 0.485 e. The van der Waals surface area contributed by atoms with Crippen molar-refractivity contribution in [2.24, 2.45) is 5.73 Å². The van der Waals surface area contributed by atoms with E-state index in [9.17, 15) is 18.8 Å². The van der Waals surface area contributed by atoms with Crippen LogP contribution in [-0.4, -0.2) is 34.1 Å². The number of amides is 1. The lowest BCUT2D eigenvalue weighted by Gasteiger charge is -2.28. The van der Waals surface area contributed by atoms with Crippen molar-refractivity contribution in [2.75, 3.05) is 6.61 Å². The minimum absolute atomic E-state index is 0.0384. The number of nitrogens with zero attached hydrogens (tertiary/aromatic N) is 2. The second kappa shape index (κ2) is 10.3. The summed E-state index contributed by atoms with van der Waals surface area (Å²) < 4.78 is 31.9. The molecule has 2 aromatic heterocycles. The van der Waals surface area contributed by atoms with Gasteiger partial charge in [0.1, 0.15) is 23.5 Å². The third kappa shape index (κ3) is 4.68. The topological polar surface area (TPSA) is 123 Å². The van der Waals surface area contributed by atoms with Crippen LogP contribution in [0.2, 0.25) is 0 Å². The molecule has 0 spiro atoms. The molecule has 2 aromatic carbocycles. The molecule has 0 aliphatic carbocycles. The number of hydrogen-bond acceptors (Lipinski definition) is 7. The minimum Gasteiger partial charge on any atom is -0.485 e. The van der Waals surface area contributed by atoms with Gasteiger partial charge in [-0.3, -0.25) is 19.1 Å². The van der Waals surface area contributed by atoms with Crippen LogP contribution in [0, 0.1) is 5.82 Å². The Labute approximate surface area is 216 Å². The number of benzene rings is 2. The Kier molecular flexibility index (Phi) is 6.78. The fourth-order valence-electron chi connectivity index (χ4n) is 4.39. The van der Waals surface area contributed by atoms with Crippen LogP contribution in [-0.2, 0) is 29.1 Å². The van der Waals surface area contributed by atoms with Gasteiger partial charge in [-0.2, -0.15) is 0 Å². The van der Waals surface area contributed by atoms with Crippen molar-refractivity contribution in [3.63, 3.8) is 0 Å². The summed E-state index contributed by atoms with van der Waals surface area (Å²) in [5.74, 6) is -1.85. The quantitative estimate of drug-likeness (QED) is 0.356. The second-order valence-electron chi connectivity index (χ2n) is 8.74. The van der Waals surface area contributed by atoms with Crippen LogP contribution in [0.25, 0.3) is 11.0 Å². The van der Waals surface area contributed by atoms with Crippen molar-refractivity contribution >= 4 is 22.9 Å². The Morgan fingerprint density at radius 2 is 1.87 bits per heavy atom. The number of carbonyl (C=O) groups excluding carboxylic acids is 2. The summed E-state index contributed by atoms with van der Waals surface area (Å²) in [5.41, 5.74) is 7.09. The molecular formula is C28H24FN3O6.